The summed E-state index contributed by atoms with van der Waals surface area (Å²) in [6.45, 7) is 9.70. The van der Waals surface area contributed by atoms with Crippen LogP contribution in [-0.2, 0) is 5.54 Å². The van der Waals surface area contributed by atoms with E-state index in [2.05, 4.69) is 43.1 Å². The summed E-state index contributed by atoms with van der Waals surface area (Å²) >= 11 is 0. The first kappa shape index (κ1) is 17.2. The van der Waals surface area contributed by atoms with Gasteiger partial charge in [0.25, 0.3) is 0 Å². The lowest BCUT2D eigenvalue weighted by Gasteiger charge is -2.38. The van der Waals surface area contributed by atoms with Crippen molar-refractivity contribution in [3.63, 3.8) is 0 Å². The predicted molar refractivity (Wildman–Crippen MR) is 85.8 cm³/mol. The van der Waals surface area contributed by atoms with Crippen LogP contribution in [0.2, 0.25) is 0 Å². The van der Waals surface area contributed by atoms with Crippen LogP contribution in [0.15, 0.2) is 30.3 Å². The molecule has 0 saturated carbocycles. The molecule has 0 amide bonds. The summed E-state index contributed by atoms with van der Waals surface area (Å²) in [4.78, 5) is 2.42. The van der Waals surface area contributed by atoms with Crippen LogP contribution in [-0.4, -0.2) is 43.3 Å². The molecule has 20 heavy (non-hydrogen) atoms. The molecule has 1 aromatic carbocycles. The number of aliphatic hydroxyl groups is 1. The number of benzene rings is 1. The van der Waals surface area contributed by atoms with E-state index in [1.54, 1.807) is 0 Å². The Bertz CT molecular complexity index is 363. The van der Waals surface area contributed by atoms with Crippen molar-refractivity contribution in [2.75, 3.05) is 33.3 Å². The molecule has 0 aliphatic rings. The molecule has 0 heterocycles. The van der Waals surface area contributed by atoms with Crippen molar-refractivity contribution in [1.29, 1.82) is 0 Å². The van der Waals surface area contributed by atoms with E-state index in [1.807, 2.05) is 25.2 Å². The molecule has 0 fully saturated rings. The molecule has 3 nitrogen and oxygen atoms in total. The maximum absolute atomic E-state index is 9.98. The van der Waals surface area contributed by atoms with Crippen LogP contribution in [0.1, 0.15) is 32.8 Å². The fourth-order valence-corrected chi connectivity index (χ4v) is 2.55. The van der Waals surface area contributed by atoms with Gasteiger partial charge in [0.15, 0.2) is 0 Å². The SMILES string of the molecule is CCC(C)CN(CC)CC(CO)(NC)c1ccccc1. The Morgan fingerprint density at radius 3 is 2.35 bits per heavy atom. The van der Waals surface area contributed by atoms with Gasteiger partial charge < -0.3 is 15.3 Å². The summed E-state index contributed by atoms with van der Waals surface area (Å²) < 4.78 is 0. The molecule has 1 rings (SSSR count). The van der Waals surface area contributed by atoms with Gasteiger partial charge in [-0.05, 0) is 25.1 Å². The highest BCUT2D eigenvalue weighted by atomic mass is 16.3. The standard InChI is InChI=1S/C17H30N2O/c1-5-15(3)12-19(6-2)13-17(14-20,18-4)16-10-8-7-9-11-16/h7-11,15,18,20H,5-6,12-14H2,1-4H3. The Labute approximate surface area is 124 Å². The normalized spacial score (nSPS) is 16.1. The number of nitrogens with zero attached hydrogens (tertiary/aromatic N) is 1. The Morgan fingerprint density at radius 2 is 1.90 bits per heavy atom. The highest BCUT2D eigenvalue weighted by Crippen LogP contribution is 2.22. The summed E-state index contributed by atoms with van der Waals surface area (Å²) in [5.41, 5.74) is 0.762. The molecule has 0 aromatic heterocycles. The van der Waals surface area contributed by atoms with Gasteiger partial charge in [-0.3, -0.25) is 0 Å². The van der Waals surface area contributed by atoms with E-state index in [-0.39, 0.29) is 12.1 Å². The van der Waals surface area contributed by atoms with Gasteiger partial charge in [-0.25, -0.2) is 0 Å². The molecule has 0 radical (unpaired) electrons. The molecular weight excluding hydrogens is 248 g/mol. The van der Waals surface area contributed by atoms with Crippen molar-refractivity contribution in [2.24, 2.45) is 5.92 Å². The van der Waals surface area contributed by atoms with Gasteiger partial charge >= 0.3 is 0 Å². The average Bonchev–Trinajstić information content (AvgIpc) is 2.52. The van der Waals surface area contributed by atoms with E-state index in [4.69, 9.17) is 0 Å². The van der Waals surface area contributed by atoms with Gasteiger partial charge in [0.1, 0.15) is 0 Å². The van der Waals surface area contributed by atoms with Gasteiger partial charge in [0.2, 0.25) is 0 Å². The Hall–Kier alpha value is -0.900. The first-order chi connectivity index (χ1) is 9.61. The molecule has 2 unspecified atom stereocenters. The number of aliphatic hydroxyl groups excluding tert-OH is 1. The summed E-state index contributed by atoms with van der Waals surface area (Å²) in [5, 5.41) is 13.3. The zero-order valence-corrected chi connectivity index (χ0v) is 13.4. The molecule has 1 aromatic rings. The van der Waals surface area contributed by atoms with E-state index < -0.39 is 0 Å². The van der Waals surface area contributed by atoms with Crippen molar-refractivity contribution >= 4 is 0 Å². The third kappa shape index (κ3) is 4.30. The van der Waals surface area contributed by atoms with E-state index in [0.29, 0.717) is 5.92 Å². The minimum atomic E-state index is -0.384. The third-order valence-electron chi connectivity index (χ3n) is 4.28. The summed E-state index contributed by atoms with van der Waals surface area (Å²) in [5.74, 6) is 0.680. The molecule has 0 spiro atoms. The smallest absolute Gasteiger partial charge is 0.0795 e. The largest absolute Gasteiger partial charge is 0.394 e. The lowest BCUT2D eigenvalue weighted by atomic mass is 9.89. The Morgan fingerprint density at radius 1 is 1.25 bits per heavy atom. The van der Waals surface area contributed by atoms with Crippen molar-refractivity contribution in [3.8, 4) is 0 Å². The number of hydrogen-bond acceptors (Lipinski definition) is 3. The van der Waals surface area contributed by atoms with Crippen LogP contribution in [0.3, 0.4) is 0 Å². The van der Waals surface area contributed by atoms with Gasteiger partial charge in [-0.2, -0.15) is 0 Å². The van der Waals surface area contributed by atoms with Crippen molar-refractivity contribution < 1.29 is 5.11 Å². The van der Waals surface area contributed by atoms with E-state index in [9.17, 15) is 5.11 Å². The predicted octanol–water partition coefficient (Wildman–Crippen LogP) is 2.46. The van der Waals surface area contributed by atoms with Crippen LogP contribution in [0.5, 0.6) is 0 Å². The van der Waals surface area contributed by atoms with Gasteiger partial charge in [-0.15, -0.1) is 0 Å². The minimum absolute atomic E-state index is 0.102. The average molecular weight is 278 g/mol. The fourth-order valence-electron chi connectivity index (χ4n) is 2.55. The lowest BCUT2D eigenvalue weighted by Crippen LogP contribution is -2.52. The van der Waals surface area contributed by atoms with E-state index in [0.717, 1.165) is 25.2 Å². The molecule has 0 bridgehead atoms. The zero-order valence-electron chi connectivity index (χ0n) is 13.4. The van der Waals surface area contributed by atoms with Gasteiger partial charge in [0, 0.05) is 13.1 Å². The number of nitrogens with one attached hydrogen (secondary N) is 1. The maximum Gasteiger partial charge on any atom is 0.0795 e. The van der Waals surface area contributed by atoms with Crippen LogP contribution >= 0.6 is 0 Å². The highest BCUT2D eigenvalue weighted by molar-refractivity contribution is 5.25. The van der Waals surface area contributed by atoms with Crippen molar-refractivity contribution in [1.82, 2.24) is 10.2 Å². The number of hydrogen-bond donors (Lipinski definition) is 2. The first-order valence-electron chi connectivity index (χ1n) is 7.69. The second-order valence-corrected chi connectivity index (χ2v) is 5.70. The molecule has 0 saturated heterocycles. The highest BCUT2D eigenvalue weighted by Gasteiger charge is 2.31. The molecule has 0 aliphatic heterocycles. The summed E-state index contributed by atoms with van der Waals surface area (Å²) in [6, 6.07) is 10.2. The number of likely N-dealkylation sites (N-methyl/N-ethyl adjacent to an activating group) is 2. The summed E-state index contributed by atoms with van der Waals surface area (Å²) in [7, 11) is 1.93. The van der Waals surface area contributed by atoms with E-state index >= 15 is 0 Å². The summed E-state index contributed by atoms with van der Waals surface area (Å²) in [6.07, 6.45) is 1.19. The minimum Gasteiger partial charge on any atom is -0.394 e. The van der Waals surface area contributed by atoms with Gasteiger partial charge in [-0.1, -0.05) is 57.5 Å². The van der Waals surface area contributed by atoms with Crippen LogP contribution in [0.4, 0.5) is 0 Å². The van der Waals surface area contributed by atoms with Crippen molar-refractivity contribution in [2.45, 2.75) is 32.7 Å². The van der Waals surface area contributed by atoms with Crippen LogP contribution in [0, 0.1) is 5.92 Å². The topological polar surface area (TPSA) is 35.5 Å². The van der Waals surface area contributed by atoms with Crippen LogP contribution in [0.25, 0.3) is 0 Å². The van der Waals surface area contributed by atoms with Gasteiger partial charge in [0.05, 0.1) is 12.1 Å². The maximum atomic E-state index is 9.98. The fraction of sp³-hybridized carbons (Fsp3) is 0.647. The third-order valence-corrected chi connectivity index (χ3v) is 4.28. The molecular formula is C17H30N2O. The molecule has 0 aliphatic carbocycles. The molecule has 114 valence electrons. The molecule has 2 N–H and O–H groups in total. The van der Waals surface area contributed by atoms with Crippen LogP contribution < -0.4 is 5.32 Å². The molecule has 2 atom stereocenters. The second-order valence-electron chi connectivity index (χ2n) is 5.70. The lowest BCUT2D eigenvalue weighted by molar-refractivity contribution is 0.107. The zero-order chi connectivity index (χ0) is 15.0. The second kappa shape index (κ2) is 8.40. The first-order valence-corrected chi connectivity index (χ1v) is 7.69. The van der Waals surface area contributed by atoms with Crippen molar-refractivity contribution in [3.05, 3.63) is 35.9 Å². The Kier molecular flexibility index (Phi) is 7.20. The monoisotopic (exact) mass is 278 g/mol. The number of rotatable bonds is 9. The molecule has 3 heteroatoms. The Balaban J connectivity index is 2.90. The van der Waals surface area contributed by atoms with E-state index in [1.165, 1.54) is 6.42 Å². The quantitative estimate of drug-likeness (QED) is 0.728.